The van der Waals surface area contributed by atoms with E-state index in [0.717, 1.165) is 17.9 Å². The minimum atomic E-state index is -0.300. The van der Waals surface area contributed by atoms with Crippen molar-refractivity contribution in [3.05, 3.63) is 62.3 Å². The third-order valence-electron chi connectivity index (χ3n) is 2.74. The summed E-state index contributed by atoms with van der Waals surface area (Å²) in [5, 5.41) is 0. The van der Waals surface area contributed by atoms with Crippen LogP contribution in [0.4, 0.5) is 0 Å². The number of methoxy groups -OCH3 is 1. The standard InChI is InChI=1S/C14H15NO2/c1-15(2)13-9-11(14(16)17-3)8-12(13)10-6-4-5-7-10/h4-9H,1-3H3. The summed E-state index contributed by atoms with van der Waals surface area (Å²) in [6.45, 7) is 0. The molecule has 2 aliphatic rings. The number of nitrogens with zero attached hydrogens (tertiary/aromatic N) is 1. The molecular formula is C14H15NO2. The molecule has 0 aromatic heterocycles. The molecule has 17 heavy (non-hydrogen) atoms. The van der Waals surface area contributed by atoms with Crippen LogP contribution in [0, 0.1) is 62.3 Å². The molecule has 0 N–H and O–H groups in total. The zero-order chi connectivity index (χ0) is 12.4. The highest BCUT2D eigenvalue weighted by molar-refractivity contribution is 5.93. The molecule has 2 saturated carbocycles. The molecule has 0 bridgehead atoms. The fourth-order valence-corrected chi connectivity index (χ4v) is 1.89. The zero-order valence-electron chi connectivity index (χ0n) is 10.2. The van der Waals surface area contributed by atoms with Gasteiger partial charge < -0.3 is 9.64 Å². The Hall–Kier alpha value is -0.570. The monoisotopic (exact) mass is 229 g/mol. The van der Waals surface area contributed by atoms with Gasteiger partial charge in [-0.15, -0.1) is 0 Å². The Bertz CT molecular complexity index is 271. The molecule has 0 amide bonds. The Morgan fingerprint density at radius 1 is 1.18 bits per heavy atom. The van der Waals surface area contributed by atoms with Crippen molar-refractivity contribution in [3.63, 3.8) is 0 Å². The molecule has 0 aromatic rings. The lowest BCUT2D eigenvalue weighted by Crippen LogP contribution is -2.25. The highest BCUT2D eigenvalue weighted by Gasteiger charge is 2.46. The second kappa shape index (κ2) is 5.38. The van der Waals surface area contributed by atoms with Crippen molar-refractivity contribution in [2.24, 2.45) is 0 Å². The first-order valence-electron chi connectivity index (χ1n) is 5.42. The van der Waals surface area contributed by atoms with Crippen LogP contribution in [0.25, 0.3) is 0 Å². The van der Waals surface area contributed by atoms with Gasteiger partial charge in [0.1, 0.15) is 0 Å². The maximum atomic E-state index is 11.5. The van der Waals surface area contributed by atoms with Gasteiger partial charge in [0.25, 0.3) is 0 Å². The third-order valence-corrected chi connectivity index (χ3v) is 2.74. The van der Waals surface area contributed by atoms with Gasteiger partial charge in [-0.1, -0.05) is 0 Å². The molecule has 0 atom stereocenters. The summed E-state index contributed by atoms with van der Waals surface area (Å²) in [7, 11) is 5.32. The maximum Gasteiger partial charge on any atom is 0.313 e. The van der Waals surface area contributed by atoms with Gasteiger partial charge in [0, 0.05) is 12.3 Å². The highest BCUT2D eigenvalue weighted by atomic mass is 16.5. The minimum Gasteiger partial charge on any atom is -0.469 e. The first-order valence-corrected chi connectivity index (χ1v) is 5.42. The quantitative estimate of drug-likeness (QED) is 0.682. The minimum absolute atomic E-state index is 0.300. The number of hydrogen-bond acceptors (Lipinski definition) is 3. The number of carbonyl (C=O) groups excluding carboxylic acids is 1. The number of esters is 1. The van der Waals surface area contributed by atoms with E-state index in [-0.39, 0.29) is 5.97 Å². The molecule has 2 aliphatic carbocycles. The molecule has 0 aromatic carbocycles. The summed E-state index contributed by atoms with van der Waals surface area (Å²) in [5.41, 5.74) is 0. The molecule has 88 valence electrons. The van der Waals surface area contributed by atoms with Crippen molar-refractivity contribution in [1.82, 2.24) is 4.90 Å². The maximum absolute atomic E-state index is 11.5. The topological polar surface area (TPSA) is 29.5 Å². The van der Waals surface area contributed by atoms with Gasteiger partial charge in [0.2, 0.25) is 0 Å². The lowest BCUT2D eigenvalue weighted by Gasteiger charge is -2.27. The Morgan fingerprint density at radius 3 is 2.35 bits per heavy atom. The van der Waals surface area contributed by atoms with E-state index in [1.807, 2.05) is 57.5 Å². The van der Waals surface area contributed by atoms with E-state index in [1.54, 1.807) is 0 Å². The SMILES string of the molecule is COC(=O)[C]1[CH][C]([C]2[CH][CH][CH][CH]2)[C](N(C)C)[CH]1. The smallest absolute Gasteiger partial charge is 0.313 e. The number of hydrogen-bond donors (Lipinski definition) is 0. The fourth-order valence-electron chi connectivity index (χ4n) is 1.89. The summed E-state index contributed by atoms with van der Waals surface area (Å²) >= 11 is 0. The molecule has 3 heteroatoms. The molecular weight excluding hydrogens is 214 g/mol. The predicted octanol–water partition coefficient (Wildman–Crippen LogP) is 1.23. The molecule has 0 unspecified atom stereocenters. The van der Waals surface area contributed by atoms with Gasteiger partial charge >= 0.3 is 5.97 Å². The van der Waals surface area contributed by atoms with Gasteiger partial charge in [0.15, 0.2) is 0 Å². The molecule has 0 saturated heterocycles. The van der Waals surface area contributed by atoms with Crippen molar-refractivity contribution in [2.45, 2.75) is 0 Å². The van der Waals surface area contributed by atoms with E-state index in [0.29, 0.717) is 5.92 Å². The van der Waals surface area contributed by atoms with E-state index in [9.17, 15) is 4.79 Å². The third kappa shape index (κ3) is 2.65. The molecule has 2 rings (SSSR count). The van der Waals surface area contributed by atoms with Crippen LogP contribution in [0.3, 0.4) is 0 Å². The second-order valence-electron chi connectivity index (χ2n) is 4.10. The molecule has 2 fully saturated rings. The molecule has 0 aliphatic heterocycles. The highest BCUT2D eigenvalue weighted by Crippen LogP contribution is 2.49. The molecule has 10 radical (unpaired) electrons. The number of rotatable bonds is 3. The van der Waals surface area contributed by atoms with Crippen molar-refractivity contribution < 1.29 is 9.53 Å². The van der Waals surface area contributed by atoms with Gasteiger partial charge in [-0.25, -0.2) is 0 Å². The van der Waals surface area contributed by atoms with Crippen LogP contribution in [0.5, 0.6) is 0 Å². The Kier molecular flexibility index (Phi) is 4.08. The van der Waals surface area contributed by atoms with Crippen LogP contribution < -0.4 is 0 Å². The number of ether oxygens (including phenoxy) is 1. The lowest BCUT2D eigenvalue weighted by molar-refractivity contribution is -0.137. The van der Waals surface area contributed by atoms with Crippen LogP contribution in [0.2, 0.25) is 0 Å². The second-order valence-corrected chi connectivity index (χ2v) is 4.10. The Balaban J connectivity index is 2.04. The lowest BCUT2D eigenvalue weighted by atomic mass is 9.86. The van der Waals surface area contributed by atoms with E-state index in [4.69, 9.17) is 4.74 Å². The van der Waals surface area contributed by atoms with Gasteiger partial charge in [-0.2, -0.15) is 0 Å². The van der Waals surface area contributed by atoms with E-state index in [1.165, 1.54) is 7.11 Å². The van der Waals surface area contributed by atoms with Crippen LogP contribution in [-0.4, -0.2) is 32.1 Å². The molecule has 0 spiro atoms. The molecule has 3 nitrogen and oxygen atoms in total. The summed E-state index contributed by atoms with van der Waals surface area (Å²) < 4.78 is 4.74. The molecule has 0 heterocycles. The van der Waals surface area contributed by atoms with E-state index < -0.39 is 0 Å². The van der Waals surface area contributed by atoms with Gasteiger partial charge in [0.05, 0.1) is 19.1 Å². The largest absolute Gasteiger partial charge is 0.469 e. The first kappa shape index (κ1) is 12.9. The van der Waals surface area contributed by atoms with Crippen molar-refractivity contribution in [1.29, 1.82) is 0 Å². The van der Waals surface area contributed by atoms with Crippen molar-refractivity contribution in [2.75, 3.05) is 21.2 Å². The summed E-state index contributed by atoms with van der Waals surface area (Å²) in [5.74, 6) is 2.46. The summed E-state index contributed by atoms with van der Waals surface area (Å²) in [4.78, 5) is 13.5. The van der Waals surface area contributed by atoms with Crippen LogP contribution in [-0.2, 0) is 9.53 Å². The van der Waals surface area contributed by atoms with Gasteiger partial charge in [-0.05, 0) is 52.1 Å². The van der Waals surface area contributed by atoms with Crippen molar-refractivity contribution >= 4 is 5.97 Å². The number of carbonyl (C=O) groups is 1. The predicted molar refractivity (Wildman–Crippen MR) is 64.5 cm³/mol. The Morgan fingerprint density at radius 2 is 1.82 bits per heavy atom. The van der Waals surface area contributed by atoms with Crippen LogP contribution in [0.1, 0.15) is 0 Å². The summed E-state index contributed by atoms with van der Waals surface area (Å²) in [6.07, 6.45) is 11.8. The normalized spacial score (nSPS) is 24.9. The fraction of sp³-hybridized carbons (Fsp3) is 0.214. The zero-order valence-corrected chi connectivity index (χ0v) is 10.2. The van der Waals surface area contributed by atoms with E-state index in [2.05, 4.69) is 0 Å². The van der Waals surface area contributed by atoms with Gasteiger partial charge in [-0.3, -0.25) is 4.79 Å². The average Bonchev–Trinajstić information content (AvgIpc) is 2.95. The van der Waals surface area contributed by atoms with Crippen molar-refractivity contribution in [3.8, 4) is 0 Å². The van der Waals surface area contributed by atoms with E-state index >= 15 is 0 Å². The van der Waals surface area contributed by atoms with Crippen LogP contribution in [0.15, 0.2) is 0 Å². The Labute approximate surface area is 105 Å². The summed E-state index contributed by atoms with van der Waals surface area (Å²) in [6, 6.07) is 1.02. The van der Waals surface area contributed by atoms with Crippen LogP contribution >= 0.6 is 0 Å². The average molecular weight is 229 g/mol. The first-order chi connectivity index (χ1) is 8.13.